The van der Waals surface area contributed by atoms with Crippen molar-refractivity contribution in [1.29, 1.82) is 0 Å². The maximum absolute atomic E-state index is 13.2. The highest BCUT2D eigenvalue weighted by Crippen LogP contribution is 2.51. The molecule has 2 aliphatic rings. The van der Waals surface area contributed by atoms with E-state index in [-0.39, 0.29) is 11.5 Å². The lowest BCUT2D eigenvalue weighted by Crippen LogP contribution is -2.55. The van der Waals surface area contributed by atoms with Gasteiger partial charge in [0.2, 0.25) is 29.8 Å². The summed E-state index contributed by atoms with van der Waals surface area (Å²) >= 11 is 0. The molecule has 3 aromatic rings. The molecule has 0 spiro atoms. The summed E-state index contributed by atoms with van der Waals surface area (Å²) in [5.74, 6) is -3.71. The summed E-state index contributed by atoms with van der Waals surface area (Å²) in [6.45, 7) is -0.962. The SMILES string of the molecule is O=c1cc(-c2ccc(O)cc2)oc2c(O[C@@H]3OC[C@@H](O)[C@H](O)[C@H]3O)c(O)c(O[C@@H]3OC[C@@H](O)[C@@H](O)[C@H]3O)c(O)c12. The number of aliphatic hydroxyl groups excluding tert-OH is 6. The molecule has 0 radical (unpaired) electrons. The Morgan fingerprint density at radius 1 is 0.700 bits per heavy atom. The van der Waals surface area contributed by atoms with Crippen LogP contribution in [0.3, 0.4) is 0 Å². The predicted octanol–water partition coefficient (Wildman–Crippen LogP) is -1.79. The van der Waals surface area contributed by atoms with Gasteiger partial charge < -0.3 is 69.3 Å². The molecule has 0 amide bonds. The number of hydrogen-bond acceptors (Lipinski definition) is 15. The van der Waals surface area contributed by atoms with Crippen LogP contribution in [-0.4, -0.2) is 108 Å². The lowest BCUT2D eigenvalue weighted by atomic mass is 10.1. The number of ether oxygens (including phenoxy) is 4. The zero-order chi connectivity index (χ0) is 28.9. The lowest BCUT2D eigenvalue weighted by molar-refractivity contribution is -0.243. The topological polar surface area (TPSA) is 249 Å². The van der Waals surface area contributed by atoms with Crippen LogP contribution >= 0.6 is 0 Å². The highest BCUT2D eigenvalue weighted by atomic mass is 16.7. The van der Waals surface area contributed by atoms with E-state index in [0.29, 0.717) is 5.56 Å². The Kier molecular flexibility index (Phi) is 7.47. The molecular formula is C25H26O15. The van der Waals surface area contributed by atoms with Crippen LogP contribution in [0.5, 0.6) is 28.7 Å². The monoisotopic (exact) mass is 566 g/mol. The lowest BCUT2D eigenvalue weighted by Gasteiger charge is -2.36. The first kappa shape index (κ1) is 27.9. The zero-order valence-electron chi connectivity index (χ0n) is 20.4. The number of rotatable bonds is 5. The molecule has 216 valence electrons. The summed E-state index contributed by atoms with van der Waals surface area (Å²) in [7, 11) is 0. The Morgan fingerprint density at radius 2 is 1.23 bits per heavy atom. The average Bonchev–Trinajstić information content (AvgIpc) is 2.93. The summed E-state index contributed by atoms with van der Waals surface area (Å²) in [6.07, 6.45) is -13.5. The summed E-state index contributed by atoms with van der Waals surface area (Å²) in [6, 6.07) is 6.48. The molecule has 2 fully saturated rings. The van der Waals surface area contributed by atoms with Crippen LogP contribution in [0, 0.1) is 0 Å². The third kappa shape index (κ3) is 4.89. The minimum atomic E-state index is -1.85. The van der Waals surface area contributed by atoms with Crippen molar-refractivity contribution in [3.63, 3.8) is 0 Å². The van der Waals surface area contributed by atoms with Gasteiger partial charge >= 0.3 is 0 Å². The molecule has 2 aromatic carbocycles. The van der Waals surface area contributed by atoms with Crippen molar-refractivity contribution in [2.75, 3.05) is 13.2 Å². The quantitative estimate of drug-likeness (QED) is 0.165. The largest absolute Gasteiger partial charge is 0.508 e. The van der Waals surface area contributed by atoms with Crippen molar-refractivity contribution in [3.8, 4) is 40.1 Å². The number of aliphatic hydroxyl groups is 6. The van der Waals surface area contributed by atoms with Gasteiger partial charge in [0.05, 0.1) is 13.2 Å². The van der Waals surface area contributed by atoms with E-state index >= 15 is 0 Å². The van der Waals surface area contributed by atoms with Crippen molar-refractivity contribution in [1.82, 2.24) is 0 Å². The molecular weight excluding hydrogens is 540 g/mol. The van der Waals surface area contributed by atoms with Gasteiger partial charge in [-0.15, -0.1) is 0 Å². The summed E-state index contributed by atoms with van der Waals surface area (Å²) < 4.78 is 27.2. The third-order valence-electron chi connectivity index (χ3n) is 6.56. The van der Waals surface area contributed by atoms with E-state index in [1.807, 2.05) is 0 Å². The van der Waals surface area contributed by atoms with Crippen molar-refractivity contribution >= 4 is 11.0 Å². The molecule has 3 heterocycles. The van der Waals surface area contributed by atoms with Gasteiger partial charge in [0.25, 0.3) is 0 Å². The van der Waals surface area contributed by atoms with E-state index < -0.39 is 102 Å². The Morgan fingerprint density at radius 3 is 1.77 bits per heavy atom. The van der Waals surface area contributed by atoms with Crippen LogP contribution in [0.25, 0.3) is 22.3 Å². The second-order valence-electron chi connectivity index (χ2n) is 9.32. The van der Waals surface area contributed by atoms with Crippen molar-refractivity contribution < 1.29 is 69.3 Å². The number of aromatic hydroxyl groups is 3. The van der Waals surface area contributed by atoms with E-state index in [0.717, 1.165) is 6.07 Å². The van der Waals surface area contributed by atoms with Gasteiger partial charge in [0.1, 0.15) is 53.5 Å². The molecule has 15 heteroatoms. The Labute approximate surface area is 223 Å². The molecule has 5 rings (SSSR count). The highest BCUT2D eigenvalue weighted by Gasteiger charge is 2.42. The van der Waals surface area contributed by atoms with E-state index in [1.165, 1.54) is 24.3 Å². The normalized spacial score (nSPS) is 30.8. The number of benzene rings is 2. The van der Waals surface area contributed by atoms with Crippen molar-refractivity contribution in [3.05, 3.63) is 40.6 Å². The van der Waals surface area contributed by atoms with Gasteiger partial charge in [0, 0.05) is 11.6 Å². The van der Waals surface area contributed by atoms with Crippen LogP contribution in [0.2, 0.25) is 0 Å². The molecule has 0 aliphatic carbocycles. The Bertz CT molecular complexity index is 1440. The van der Waals surface area contributed by atoms with Crippen LogP contribution in [0.1, 0.15) is 0 Å². The first-order valence-electron chi connectivity index (χ1n) is 12.0. The second kappa shape index (κ2) is 10.7. The second-order valence-corrected chi connectivity index (χ2v) is 9.32. The minimum absolute atomic E-state index is 0.0677. The fourth-order valence-corrected chi connectivity index (χ4v) is 4.30. The van der Waals surface area contributed by atoms with E-state index in [4.69, 9.17) is 23.4 Å². The van der Waals surface area contributed by atoms with E-state index in [1.54, 1.807) is 0 Å². The molecule has 15 nitrogen and oxygen atoms in total. The highest BCUT2D eigenvalue weighted by molar-refractivity contribution is 5.95. The number of phenolic OH excluding ortho intramolecular Hbond substituents is 3. The standard InChI is InChI=1S/C25H26O15/c26-9-3-1-8(2-4-9)13-5-10(27)14-17(32)22(39-24-18(33)15(30)11(28)6-36-24)20(35)23(21(14)38-13)40-25-19(34)16(31)12(29)7-37-25/h1-5,11-12,15-16,18-19,24-26,28-35H,6-7H2/t11-,12-,15-,16+,18-,19-,24+,25+/m1/s1. The van der Waals surface area contributed by atoms with Gasteiger partial charge in [-0.3, -0.25) is 4.79 Å². The molecule has 0 unspecified atom stereocenters. The molecule has 1 aromatic heterocycles. The van der Waals surface area contributed by atoms with Crippen LogP contribution < -0.4 is 14.9 Å². The fraction of sp³-hybridized carbons (Fsp3) is 0.400. The average molecular weight is 566 g/mol. The van der Waals surface area contributed by atoms with E-state index in [2.05, 4.69) is 0 Å². The molecule has 8 atom stereocenters. The van der Waals surface area contributed by atoms with Gasteiger partial charge in [-0.1, -0.05) is 0 Å². The van der Waals surface area contributed by atoms with Gasteiger partial charge in [-0.2, -0.15) is 0 Å². The smallest absolute Gasteiger partial charge is 0.229 e. The van der Waals surface area contributed by atoms with Gasteiger partial charge in [0.15, 0.2) is 16.8 Å². The van der Waals surface area contributed by atoms with Crippen molar-refractivity contribution in [2.24, 2.45) is 0 Å². The zero-order valence-corrected chi connectivity index (χ0v) is 20.4. The summed E-state index contributed by atoms with van der Waals surface area (Å²) in [4.78, 5) is 13.2. The number of hydrogen-bond donors (Lipinski definition) is 9. The van der Waals surface area contributed by atoms with Gasteiger partial charge in [-0.05, 0) is 24.3 Å². The van der Waals surface area contributed by atoms with Crippen LogP contribution in [0.15, 0.2) is 39.5 Å². The summed E-state index contributed by atoms with van der Waals surface area (Å²) in [5, 5.41) is 91.2. The molecule has 0 bridgehead atoms. The first-order valence-corrected chi connectivity index (χ1v) is 12.0. The van der Waals surface area contributed by atoms with Gasteiger partial charge in [-0.25, -0.2) is 0 Å². The minimum Gasteiger partial charge on any atom is -0.508 e. The predicted molar refractivity (Wildman–Crippen MR) is 130 cm³/mol. The third-order valence-corrected chi connectivity index (χ3v) is 6.56. The summed E-state index contributed by atoms with van der Waals surface area (Å²) in [5.41, 5.74) is -1.10. The fourth-order valence-electron chi connectivity index (χ4n) is 4.30. The number of phenols is 3. The molecule has 2 aliphatic heterocycles. The molecule has 0 saturated carbocycles. The van der Waals surface area contributed by atoms with Crippen LogP contribution in [0.4, 0.5) is 0 Å². The van der Waals surface area contributed by atoms with Crippen molar-refractivity contribution in [2.45, 2.75) is 49.2 Å². The van der Waals surface area contributed by atoms with E-state index in [9.17, 15) is 50.8 Å². The Hall–Kier alpha value is -3.67. The Balaban J connectivity index is 1.66. The molecule has 40 heavy (non-hydrogen) atoms. The number of fused-ring (bicyclic) bond motifs is 1. The molecule has 2 saturated heterocycles. The molecule has 9 N–H and O–H groups in total. The first-order chi connectivity index (χ1) is 19.0. The maximum Gasteiger partial charge on any atom is 0.229 e. The maximum atomic E-state index is 13.2. The van der Waals surface area contributed by atoms with Crippen LogP contribution in [-0.2, 0) is 9.47 Å².